The third-order valence-corrected chi connectivity index (χ3v) is 2.17. The Morgan fingerprint density at radius 2 is 2.20 bits per heavy atom. The van der Waals surface area contributed by atoms with Gasteiger partial charge in [0, 0.05) is 5.69 Å². The van der Waals surface area contributed by atoms with Crippen molar-refractivity contribution < 1.29 is 9.53 Å². The molecular weight excluding hydrogens is 192 g/mol. The highest BCUT2D eigenvalue weighted by Gasteiger charge is 2.10. The predicted octanol–water partition coefficient (Wildman–Crippen LogP) is 1.08. The second-order valence-electron chi connectivity index (χ2n) is 3.64. The Bertz CT molecular complexity index is 364. The highest BCUT2D eigenvalue weighted by molar-refractivity contribution is 5.76. The van der Waals surface area contributed by atoms with E-state index < -0.39 is 0 Å². The van der Waals surface area contributed by atoms with Crippen molar-refractivity contribution in [2.45, 2.75) is 13.8 Å². The molecule has 4 nitrogen and oxygen atoms in total. The maximum absolute atomic E-state index is 10.8. The van der Waals surface area contributed by atoms with Crippen molar-refractivity contribution in [1.29, 1.82) is 0 Å². The first-order valence-electron chi connectivity index (χ1n) is 4.79. The van der Waals surface area contributed by atoms with E-state index in [2.05, 4.69) is 0 Å². The van der Waals surface area contributed by atoms with Gasteiger partial charge in [-0.2, -0.15) is 0 Å². The van der Waals surface area contributed by atoms with Gasteiger partial charge in [-0.15, -0.1) is 0 Å². The van der Waals surface area contributed by atoms with Crippen molar-refractivity contribution in [3.05, 3.63) is 23.8 Å². The zero-order chi connectivity index (χ0) is 11.4. The van der Waals surface area contributed by atoms with Gasteiger partial charge in [0.15, 0.2) is 0 Å². The van der Waals surface area contributed by atoms with E-state index in [1.807, 2.05) is 13.0 Å². The molecule has 0 heterocycles. The lowest BCUT2D eigenvalue weighted by Crippen LogP contribution is -2.25. The van der Waals surface area contributed by atoms with Crippen LogP contribution in [0.1, 0.15) is 12.5 Å². The zero-order valence-corrected chi connectivity index (χ0v) is 8.99. The molecule has 0 aliphatic rings. The van der Waals surface area contributed by atoms with Crippen LogP contribution in [0.25, 0.3) is 0 Å². The molecule has 0 saturated carbocycles. The molecule has 0 aromatic heterocycles. The number of nitrogens with two attached hydrogens (primary N) is 2. The number of hydrogen-bond acceptors (Lipinski definition) is 3. The van der Waals surface area contributed by atoms with Gasteiger partial charge in [-0.05, 0) is 30.7 Å². The van der Waals surface area contributed by atoms with Crippen LogP contribution in [-0.2, 0) is 4.79 Å². The molecule has 0 spiro atoms. The maximum Gasteiger partial charge on any atom is 0.223 e. The first-order valence-corrected chi connectivity index (χ1v) is 4.79. The van der Waals surface area contributed by atoms with E-state index in [9.17, 15) is 4.79 Å². The van der Waals surface area contributed by atoms with Crippen molar-refractivity contribution in [3.63, 3.8) is 0 Å². The standard InChI is InChI=1S/C11H16N2O2/c1-7-5-9(12)3-4-10(7)15-6-8(2)11(13)14/h3-5,8H,6,12H2,1-2H3,(H2,13,14). The summed E-state index contributed by atoms with van der Waals surface area (Å²) in [6.07, 6.45) is 0. The van der Waals surface area contributed by atoms with Crippen LogP contribution in [-0.4, -0.2) is 12.5 Å². The summed E-state index contributed by atoms with van der Waals surface area (Å²) in [7, 11) is 0. The number of anilines is 1. The van der Waals surface area contributed by atoms with Crippen molar-refractivity contribution in [1.82, 2.24) is 0 Å². The van der Waals surface area contributed by atoms with Crippen LogP contribution in [0.2, 0.25) is 0 Å². The van der Waals surface area contributed by atoms with Gasteiger partial charge < -0.3 is 16.2 Å². The molecule has 0 fully saturated rings. The van der Waals surface area contributed by atoms with Crippen molar-refractivity contribution in [2.75, 3.05) is 12.3 Å². The van der Waals surface area contributed by atoms with Crippen LogP contribution in [0.3, 0.4) is 0 Å². The van der Waals surface area contributed by atoms with Gasteiger partial charge in [0.2, 0.25) is 5.91 Å². The second kappa shape index (κ2) is 4.68. The van der Waals surface area contributed by atoms with E-state index in [1.54, 1.807) is 19.1 Å². The molecule has 0 radical (unpaired) electrons. The number of hydrogen-bond donors (Lipinski definition) is 2. The van der Waals surface area contributed by atoms with Crippen LogP contribution in [0.5, 0.6) is 5.75 Å². The summed E-state index contributed by atoms with van der Waals surface area (Å²) in [6, 6.07) is 5.37. The van der Waals surface area contributed by atoms with Gasteiger partial charge in [0.25, 0.3) is 0 Å². The summed E-state index contributed by atoms with van der Waals surface area (Å²) in [5.41, 5.74) is 12.4. The molecule has 82 valence electrons. The molecule has 4 heteroatoms. The Balaban J connectivity index is 2.62. The van der Waals surface area contributed by atoms with Crippen molar-refractivity contribution in [2.24, 2.45) is 11.7 Å². The fourth-order valence-corrected chi connectivity index (χ4v) is 1.13. The quantitative estimate of drug-likeness (QED) is 0.727. The van der Waals surface area contributed by atoms with Crippen LogP contribution in [0.15, 0.2) is 18.2 Å². The van der Waals surface area contributed by atoms with E-state index in [-0.39, 0.29) is 11.8 Å². The Hall–Kier alpha value is -1.71. The van der Waals surface area contributed by atoms with E-state index >= 15 is 0 Å². The summed E-state index contributed by atoms with van der Waals surface area (Å²) in [5.74, 6) is 0.0855. The molecule has 1 amide bonds. The zero-order valence-electron chi connectivity index (χ0n) is 8.99. The Labute approximate surface area is 89.2 Å². The van der Waals surface area contributed by atoms with Gasteiger partial charge in [0.1, 0.15) is 5.75 Å². The van der Waals surface area contributed by atoms with Crippen LogP contribution < -0.4 is 16.2 Å². The third-order valence-electron chi connectivity index (χ3n) is 2.17. The molecule has 0 saturated heterocycles. The molecule has 1 unspecified atom stereocenters. The second-order valence-corrected chi connectivity index (χ2v) is 3.64. The van der Waals surface area contributed by atoms with Gasteiger partial charge in [-0.1, -0.05) is 6.92 Å². The molecule has 15 heavy (non-hydrogen) atoms. The monoisotopic (exact) mass is 208 g/mol. The van der Waals surface area contributed by atoms with Crippen molar-refractivity contribution in [3.8, 4) is 5.75 Å². The number of benzene rings is 1. The van der Waals surface area contributed by atoms with E-state index in [4.69, 9.17) is 16.2 Å². The van der Waals surface area contributed by atoms with Gasteiger partial charge >= 0.3 is 0 Å². The topological polar surface area (TPSA) is 78.3 Å². The summed E-state index contributed by atoms with van der Waals surface area (Å²) in [5, 5.41) is 0. The lowest BCUT2D eigenvalue weighted by molar-refractivity contribution is -0.122. The number of rotatable bonds is 4. The molecule has 1 rings (SSSR count). The number of primary amides is 1. The number of nitrogen functional groups attached to an aromatic ring is 1. The van der Waals surface area contributed by atoms with Gasteiger partial charge in [-0.25, -0.2) is 0 Å². The summed E-state index contributed by atoms with van der Waals surface area (Å²) in [4.78, 5) is 10.8. The number of aryl methyl sites for hydroxylation is 1. The fourth-order valence-electron chi connectivity index (χ4n) is 1.13. The largest absolute Gasteiger partial charge is 0.492 e. The number of amides is 1. The maximum atomic E-state index is 10.8. The van der Waals surface area contributed by atoms with Gasteiger partial charge in [0.05, 0.1) is 12.5 Å². The molecule has 1 aromatic carbocycles. The first kappa shape index (κ1) is 11.4. The van der Waals surface area contributed by atoms with E-state index in [0.29, 0.717) is 12.3 Å². The minimum atomic E-state index is -0.358. The SMILES string of the molecule is Cc1cc(N)ccc1OCC(C)C(N)=O. The summed E-state index contributed by atoms with van der Waals surface area (Å²) in [6.45, 7) is 3.93. The summed E-state index contributed by atoms with van der Waals surface area (Å²) < 4.78 is 5.46. The minimum Gasteiger partial charge on any atom is -0.492 e. The highest BCUT2D eigenvalue weighted by Crippen LogP contribution is 2.20. The molecular formula is C11H16N2O2. The molecule has 1 aromatic rings. The minimum absolute atomic E-state index is 0.290. The third kappa shape index (κ3) is 3.16. The number of carbonyl (C=O) groups is 1. The van der Waals surface area contributed by atoms with Gasteiger partial charge in [-0.3, -0.25) is 4.79 Å². The predicted molar refractivity (Wildman–Crippen MR) is 59.4 cm³/mol. The molecule has 0 aliphatic carbocycles. The molecule has 4 N–H and O–H groups in total. The van der Waals surface area contributed by atoms with E-state index in [1.165, 1.54) is 0 Å². The normalized spacial score (nSPS) is 12.1. The lowest BCUT2D eigenvalue weighted by Gasteiger charge is -2.12. The molecule has 1 atom stereocenters. The summed E-state index contributed by atoms with van der Waals surface area (Å²) >= 11 is 0. The van der Waals surface area contributed by atoms with Crippen LogP contribution in [0, 0.1) is 12.8 Å². The highest BCUT2D eigenvalue weighted by atomic mass is 16.5. The Morgan fingerprint density at radius 1 is 1.53 bits per heavy atom. The lowest BCUT2D eigenvalue weighted by atomic mass is 10.2. The smallest absolute Gasteiger partial charge is 0.223 e. The Morgan fingerprint density at radius 3 is 2.73 bits per heavy atom. The van der Waals surface area contributed by atoms with E-state index in [0.717, 1.165) is 11.3 Å². The number of carbonyl (C=O) groups excluding carboxylic acids is 1. The average Bonchev–Trinajstić information content (AvgIpc) is 2.15. The van der Waals surface area contributed by atoms with Crippen molar-refractivity contribution >= 4 is 11.6 Å². The first-order chi connectivity index (χ1) is 7.00. The fraction of sp³-hybridized carbons (Fsp3) is 0.364. The molecule has 0 bridgehead atoms. The average molecular weight is 208 g/mol. The Kier molecular flexibility index (Phi) is 3.55. The van der Waals surface area contributed by atoms with Crippen LogP contribution in [0.4, 0.5) is 5.69 Å². The molecule has 0 aliphatic heterocycles. The number of ether oxygens (including phenoxy) is 1. The van der Waals surface area contributed by atoms with Crippen LogP contribution >= 0.6 is 0 Å².